The van der Waals surface area contributed by atoms with Crippen LogP contribution in [0.2, 0.25) is 0 Å². The average Bonchev–Trinajstić information content (AvgIpc) is 2.70. The van der Waals surface area contributed by atoms with Crippen LogP contribution in [0.25, 0.3) is 0 Å². The summed E-state index contributed by atoms with van der Waals surface area (Å²) in [7, 11) is 3.40. The van der Waals surface area contributed by atoms with Crippen molar-refractivity contribution in [2.24, 2.45) is 0 Å². The van der Waals surface area contributed by atoms with Gasteiger partial charge in [-0.05, 0) is 37.1 Å². The first-order valence-corrected chi connectivity index (χ1v) is 9.65. The highest BCUT2D eigenvalue weighted by Gasteiger charge is 2.16. The molecule has 0 fully saturated rings. The Hall–Kier alpha value is -3.61. The van der Waals surface area contributed by atoms with Gasteiger partial charge in [-0.15, -0.1) is 0 Å². The molecule has 3 rings (SSSR count). The summed E-state index contributed by atoms with van der Waals surface area (Å²) in [6.45, 7) is 4.10. The Morgan fingerprint density at radius 2 is 1.87 bits per heavy atom. The van der Waals surface area contributed by atoms with E-state index in [1.54, 1.807) is 20.1 Å². The van der Waals surface area contributed by atoms with E-state index in [-0.39, 0.29) is 18.0 Å². The van der Waals surface area contributed by atoms with Crippen LogP contribution >= 0.6 is 0 Å². The normalized spacial score (nSPS) is 10.5. The van der Waals surface area contributed by atoms with Gasteiger partial charge >= 0.3 is 0 Å². The minimum atomic E-state index is -0.332. The maximum Gasteiger partial charge on any atom is 0.255 e. The van der Waals surface area contributed by atoms with E-state index in [9.17, 15) is 9.59 Å². The minimum Gasteiger partial charge on any atom is -0.495 e. The zero-order chi connectivity index (χ0) is 21.7. The summed E-state index contributed by atoms with van der Waals surface area (Å²) in [5.41, 5.74) is 2.96. The maximum atomic E-state index is 12.8. The lowest BCUT2D eigenvalue weighted by Gasteiger charge is -2.22. The van der Waals surface area contributed by atoms with Crippen molar-refractivity contribution in [1.29, 1.82) is 0 Å². The van der Waals surface area contributed by atoms with Crippen molar-refractivity contribution >= 4 is 17.5 Å². The fourth-order valence-electron chi connectivity index (χ4n) is 3.23. The van der Waals surface area contributed by atoms with Crippen molar-refractivity contribution in [3.63, 3.8) is 0 Å². The number of amides is 1. The highest BCUT2D eigenvalue weighted by Crippen LogP contribution is 2.25. The van der Waals surface area contributed by atoms with Crippen molar-refractivity contribution in [2.45, 2.75) is 26.9 Å². The standard InChI is InChI=1S/C23H26N4O3/c1-16-10-11-20(30-4)19(12-16)25-21(28)15-27-22(29)13-17(2)24-23(27)26(3)14-18-8-6-5-7-9-18/h5-13H,14-15H2,1-4H3,(H,25,28). The second-order valence-electron chi connectivity index (χ2n) is 7.22. The highest BCUT2D eigenvalue weighted by molar-refractivity contribution is 5.92. The second-order valence-corrected chi connectivity index (χ2v) is 7.22. The van der Waals surface area contributed by atoms with Crippen LogP contribution < -0.4 is 20.5 Å². The van der Waals surface area contributed by atoms with Gasteiger partial charge in [-0.25, -0.2) is 4.98 Å². The molecule has 0 spiro atoms. The van der Waals surface area contributed by atoms with E-state index in [4.69, 9.17) is 4.74 Å². The number of ether oxygens (including phenoxy) is 1. The van der Waals surface area contributed by atoms with Crippen molar-refractivity contribution in [1.82, 2.24) is 9.55 Å². The van der Waals surface area contributed by atoms with E-state index >= 15 is 0 Å². The number of benzene rings is 2. The van der Waals surface area contributed by atoms with Gasteiger partial charge in [-0.2, -0.15) is 0 Å². The number of anilines is 2. The van der Waals surface area contributed by atoms with Crippen LogP contribution in [0.5, 0.6) is 5.75 Å². The van der Waals surface area contributed by atoms with Gasteiger partial charge in [0.25, 0.3) is 5.56 Å². The highest BCUT2D eigenvalue weighted by atomic mass is 16.5. The Bertz CT molecular complexity index is 1090. The topological polar surface area (TPSA) is 76.5 Å². The van der Waals surface area contributed by atoms with Crippen LogP contribution in [0.15, 0.2) is 59.4 Å². The molecule has 1 aromatic heterocycles. The van der Waals surface area contributed by atoms with Crippen LogP contribution in [0, 0.1) is 13.8 Å². The number of hydrogen-bond acceptors (Lipinski definition) is 5. The molecule has 0 atom stereocenters. The van der Waals surface area contributed by atoms with Gasteiger partial charge in [-0.3, -0.25) is 14.2 Å². The van der Waals surface area contributed by atoms with Gasteiger partial charge < -0.3 is 15.0 Å². The third-order valence-electron chi connectivity index (χ3n) is 4.65. The van der Waals surface area contributed by atoms with Gasteiger partial charge in [0, 0.05) is 25.4 Å². The lowest BCUT2D eigenvalue weighted by molar-refractivity contribution is -0.116. The summed E-state index contributed by atoms with van der Waals surface area (Å²) in [6.07, 6.45) is 0. The second kappa shape index (κ2) is 9.26. The number of rotatable bonds is 7. The van der Waals surface area contributed by atoms with Crippen LogP contribution in [0.3, 0.4) is 0 Å². The summed E-state index contributed by atoms with van der Waals surface area (Å²) in [6, 6.07) is 16.8. The smallest absolute Gasteiger partial charge is 0.255 e. The van der Waals surface area contributed by atoms with Gasteiger partial charge in [0.1, 0.15) is 12.3 Å². The van der Waals surface area contributed by atoms with Gasteiger partial charge in [-0.1, -0.05) is 36.4 Å². The Morgan fingerprint density at radius 3 is 2.57 bits per heavy atom. The molecule has 1 N–H and O–H groups in total. The van der Waals surface area contributed by atoms with Gasteiger partial charge in [0.2, 0.25) is 11.9 Å². The number of nitrogens with zero attached hydrogens (tertiary/aromatic N) is 3. The van der Waals surface area contributed by atoms with Crippen LogP contribution in [0.1, 0.15) is 16.8 Å². The molecule has 0 aliphatic heterocycles. The third kappa shape index (κ3) is 5.05. The molecule has 156 valence electrons. The molecule has 3 aromatic rings. The SMILES string of the molecule is COc1ccc(C)cc1NC(=O)Cn1c(N(C)Cc2ccccc2)nc(C)cc1=O. The molecule has 7 nitrogen and oxygen atoms in total. The first kappa shape index (κ1) is 21.1. The zero-order valence-electron chi connectivity index (χ0n) is 17.7. The predicted octanol–water partition coefficient (Wildman–Crippen LogP) is 3.14. The minimum absolute atomic E-state index is 0.155. The molecule has 0 saturated heterocycles. The summed E-state index contributed by atoms with van der Waals surface area (Å²) in [4.78, 5) is 31.8. The van der Waals surface area contributed by atoms with E-state index in [0.717, 1.165) is 11.1 Å². The molecule has 2 aromatic carbocycles. The van der Waals surface area contributed by atoms with Gasteiger partial charge in [0.15, 0.2) is 0 Å². The molecule has 1 heterocycles. The summed E-state index contributed by atoms with van der Waals surface area (Å²) >= 11 is 0. The number of methoxy groups -OCH3 is 1. The van der Waals surface area contributed by atoms with E-state index < -0.39 is 0 Å². The van der Waals surface area contributed by atoms with E-state index in [2.05, 4.69) is 10.3 Å². The first-order chi connectivity index (χ1) is 14.4. The largest absolute Gasteiger partial charge is 0.495 e. The first-order valence-electron chi connectivity index (χ1n) is 9.65. The molecule has 0 radical (unpaired) electrons. The number of carbonyl (C=O) groups is 1. The zero-order valence-corrected chi connectivity index (χ0v) is 17.7. The number of nitrogens with one attached hydrogen (secondary N) is 1. The number of carbonyl (C=O) groups excluding carboxylic acids is 1. The van der Waals surface area contributed by atoms with E-state index in [1.165, 1.54) is 10.6 Å². The Labute approximate surface area is 175 Å². The molecule has 0 saturated carbocycles. The van der Waals surface area contributed by atoms with Crippen LogP contribution in [-0.4, -0.2) is 29.6 Å². The maximum absolute atomic E-state index is 12.8. The summed E-state index contributed by atoms with van der Waals surface area (Å²) in [5, 5.41) is 2.84. The molecule has 7 heteroatoms. The molecular weight excluding hydrogens is 380 g/mol. The van der Waals surface area contributed by atoms with Crippen molar-refractivity contribution < 1.29 is 9.53 Å². The number of aryl methyl sites for hydroxylation is 2. The molecule has 0 unspecified atom stereocenters. The Balaban J connectivity index is 1.86. The number of hydrogen-bond donors (Lipinski definition) is 1. The Morgan fingerprint density at radius 1 is 1.13 bits per heavy atom. The predicted molar refractivity (Wildman–Crippen MR) is 118 cm³/mol. The Kier molecular flexibility index (Phi) is 6.51. The quantitative estimate of drug-likeness (QED) is 0.652. The molecule has 30 heavy (non-hydrogen) atoms. The number of aromatic nitrogens is 2. The monoisotopic (exact) mass is 406 g/mol. The van der Waals surface area contributed by atoms with Crippen LogP contribution in [0.4, 0.5) is 11.6 Å². The van der Waals surface area contributed by atoms with Gasteiger partial charge in [0.05, 0.1) is 12.8 Å². The van der Waals surface area contributed by atoms with E-state index in [0.29, 0.717) is 29.6 Å². The molecule has 0 bridgehead atoms. The molecule has 0 aliphatic carbocycles. The average molecular weight is 406 g/mol. The summed E-state index contributed by atoms with van der Waals surface area (Å²) < 4.78 is 6.70. The fourth-order valence-corrected chi connectivity index (χ4v) is 3.23. The van der Waals surface area contributed by atoms with Crippen LogP contribution in [-0.2, 0) is 17.9 Å². The van der Waals surface area contributed by atoms with Crippen molar-refractivity contribution in [3.05, 3.63) is 81.8 Å². The fraction of sp³-hybridized carbons (Fsp3) is 0.261. The van der Waals surface area contributed by atoms with E-state index in [1.807, 2.05) is 61.3 Å². The summed E-state index contributed by atoms with van der Waals surface area (Å²) in [5.74, 6) is 0.668. The molecule has 0 aliphatic rings. The molecular formula is C23H26N4O3. The molecule has 1 amide bonds. The van der Waals surface area contributed by atoms with Crippen molar-refractivity contribution in [3.8, 4) is 5.75 Å². The lowest BCUT2D eigenvalue weighted by Crippen LogP contribution is -2.34. The lowest BCUT2D eigenvalue weighted by atomic mass is 10.2. The van der Waals surface area contributed by atoms with Crippen molar-refractivity contribution in [2.75, 3.05) is 24.4 Å². The third-order valence-corrected chi connectivity index (χ3v) is 4.65.